The zero-order chi connectivity index (χ0) is 15.4. The Morgan fingerprint density at radius 2 is 0.600 bits per heavy atom. The lowest BCUT2D eigenvalue weighted by atomic mass is 10.4. The second-order valence-electron chi connectivity index (χ2n) is 3.37. The Hall–Kier alpha value is 0.760. The van der Waals surface area contributed by atoms with Crippen molar-refractivity contribution in [2.24, 2.45) is 0 Å². The molecule has 0 amide bonds. The summed E-state index contributed by atoms with van der Waals surface area (Å²) in [5.74, 6) is 0. The van der Waals surface area contributed by atoms with Crippen LogP contribution in [0.3, 0.4) is 0 Å². The Bertz CT molecular complexity index is 521. The molecular weight excluding hydrogens is 428 g/mol. The third kappa shape index (κ3) is 5.51. The van der Waals surface area contributed by atoms with E-state index in [0.29, 0.717) is 40.2 Å². The summed E-state index contributed by atoms with van der Waals surface area (Å²) in [5.41, 5.74) is 0. The van der Waals surface area contributed by atoms with Gasteiger partial charge in [-0.2, -0.15) is 0 Å². The minimum Gasteiger partial charge on any atom is -0.0842 e. The van der Waals surface area contributed by atoms with Crippen LogP contribution in [0.2, 0.25) is 40.2 Å². The van der Waals surface area contributed by atoms with Crippen LogP contribution in [0.4, 0.5) is 0 Å². The minimum absolute atomic E-state index is 0.340. The predicted octanol–water partition coefficient (Wildman–Crippen LogP) is 8.60. The van der Waals surface area contributed by atoms with Gasteiger partial charge in [0.2, 0.25) is 0 Å². The van der Waals surface area contributed by atoms with E-state index < -0.39 is 0 Å². The van der Waals surface area contributed by atoms with E-state index in [1.165, 1.54) is 24.3 Å². The average Bonchev–Trinajstić information content (AvgIpc) is 2.33. The molecule has 0 aliphatic carbocycles. The van der Waals surface area contributed by atoms with Crippen molar-refractivity contribution in [3.8, 4) is 0 Å². The molecule has 0 saturated carbocycles. The zero-order valence-electron chi connectivity index (χ0n) is 9.33. The second-order valence-corrected chi connectivity index (χ2v) is 6.62. The summed E-state index contributed by atoms with van der Waals surface area (Å²) in [7, 11) is 0. The molecule has 0 radical (unpaired) electrons. The first-order valence-electron chi connectivity index (χ1n) is 4.82. The lowest BCUT2D eigenvalue weighted by Crippen LogP contribution is -1.71. The van der Waals surface area contributed by atoms with E-state index >= 15 is 0 Å². The average molecular weight is 432 g/mol. The lowest BCUT2D eigenvalue weighted by Gasteiger charge is -1.97. The molecule has 2 aromatic carbocycles. The summed E-state index contributed by atoms with van der Waals surface area (Å²) < 4.78 is 0. The highest BCUT2D eigenvalue weighted by atomic mass is 35.5. The summed E-state index contributed by atoms with van der Waals surface area (Å²) >= 11 is 44.9. The van der Waals surface area contributed by atoms with E-state index in [1.54, 1.807) is 0 Å². The van der Waals surface area contributed by atoms with Crippen LogP contribution < -0.4 is 0 Å². The van der Waals surface area contributed by atoms with E-state index in [4.69, 9.17) is 92.8 Å². The maximum absolute atomic E-state index is 5.63. The maximum atomic E-state index is 5.63. The van der Waals surface area contributed by atoms with Crippen LogP contribution in [0.15, 0.2) is 24.3 Å². The van der Waals surface area contributed by atoms with Gasteiger partial charge in [0, 0.05) is 10.0 Å². The first-order valence-corrected chi connectivity index (χ1v) is 7.84. The van der Waals surface area contributed by atoms with Crippen molar-refractivity contribution in [2.75, 3.05) is 0 Å². The fraction of sp³-hybridized carbons (Fsp3) is 0. The highest BCUT2D eigenvalue weighted by molar-refractivity contribution is 6.49. The topological polar surface area (TPSA) is 0 Å². The molecule has 0 unspecified atom stereocenters. The molecule has 0 fully saturated rings. The third-order valence-electron chi connectivity index (χ3n) is 1.90. The van der Waals surface area contributed by atoms with E-state index in [2.05, 4.69) is 0 Å². The zero-order valence-corrected chi connectivity index (χ0v) is 15.4. The van der Waals surface area contributed by atoms with E-state index in [-0.39, 0.29) is 0 Å². The monoisotopic (exact) mass is 428 g/mol. The first kappa shape index (κ1) is 18.8. The Labute approximate surface area is 156 Å². The molecule has 0 spiro atoms. The van der Waals surface area contributed by atoms with Crippen LogP contribution in [0, 0.1) is 0 Å². The molecule has 8 heteroatoms. The summed E-state index contributed by atoms with van der Waals surface area (Å²) in [4.78, 5) is 0. The van der Waals surface area contributed by atoms with Crippen molar-refractivity contribution in [2.45, 2.75) is 0 Å². The number of hydrogen-bond donors (Lipinski definition) is 0. The van der Waals surface area contributed by atoms with Crippen LogP contribution in [-0.2, 0) is 0 Å². The van der Waals surface area contributed by atoms with Crippen molar-refractivity contribution in [3.05, 3.63) is 64.4 Å². The summed E-state index contributed by atoms with van der Waals surface area (Å²) in [6, 6.07) is 6.16. The molecule has 2 aromatic rings. The van der Waals surface area contributed by atoms with Gasteiger partial charge in [-0.05, 0) is 24.3 Å². The van der Waals surface area contributed by atoms with Gasteiger partial charge >= 0.3 is 0 Å². The van der Waals surface area contributed by atoms with Crippen LogP contribution in [-0.4, -0.2) is 0 Å². The highest BCUT2D eigenvalue weighted by Crippen LogP contribution is 2.33. The van der Waals surface area contributed by atoms with Gasteiger partial charge in [0.15, 0.2) is 0 Å². The van der Waals surface area contributed by atoms with Gasteiger partial charge in [-0.3, -0.25) is 0 Å². The fourth-order valence-electron chi connectivity index (χ4n) is 1.05. The Kier molecular flexibility index (Phi) is 7.91. The Morgan fingerprint density at radius 3 is 0.800 bits per heavy atom. The van der Waals surface area contributed by atoms with Crippen molar-refractivity contribution >= 4 is 92.8 Å². The van der Waals surface area contributed by atoms with Gasteiger partial charge in [0.25, 0.3) is 0 Å². The molecule has 0 saturated heterocycles. The van der Waals surface area contributed by atoms with Gasteiger partial charge in [-0.15, -0.1) is 0 Å². The fourth-order valence-corrected chi connectivity index (χ4v) is 2.90. The summed E-state index contributed by atoms with van der Waals surface area (Å²) in [6.07, 6.45) is 0. The minimum atomic E-state index is 0.340. The molecule has 0 bridgehead atoms. The van der Waals surface area contributed by atoms with Crippen molar-refractivity contribution < 1.29 is 0 Å². The molecular formula is C12H4Cl8. The smallest absolute Gasteiger partial charge is 0.0779 e. The molecule has 0 atom stereocenters. The van der Waals surface area contributed by atoms with Crippen LogP contribution in [0.1, 0.15) is 0 Å². The summed E-state index contributed by atoms with van der Waals surface area (Å²) in [5, 5.41) is 3.15. The predicted molar refractivity (Wildman–Crippen MR) is 93.0 cm³/mol. The maximum Gasteiger partial charge on any atom is 0.0779 e. The summed E-state index contributed by atoms with van der Waals surface area (Å²) in [6.45, 7) is 0. The SMILES string of the molecule is Clc1cc(Cl)c(Cl)c(Cl)c1.Clc1cc(Cl)c(Cl)c(Cl)c1. The van der Waals surface area contributed by atoms with Crippen molar-refractivity contribution in [3.63, 3.8) is 0 Å². The highest BCUT2D eigenvalue weighted by Gasteiger charge is 2.04. The Balaban J connectivity index is 0.000000200. The molecule has 0 aromatic heterocycles. The number of benzene rings is 2. The molecule has 0 aliphatic heterocycles. The van der Waals surface area contributed by atoms with E-state index in [1.807, 2.05) is 0 Å². The van der Waals surface area contributed by atoms with E-state index in [0.717, 1.165) is 0 Å². The van der Waals surface area contributed by atoms with Gasteiger partial charge < -0.3 is 0 Å². The molecule has 108 valence electrons. The molecule has 0 nitrogen and oxygen atoms in total. The van der Waals surface area contributed by atoms with E-state index in [9.17, 15) is 0 Å². The molecule has 20 heavy (non-hydrogen) atoms. The number of hydrogen-bond acceptors (Lipinski definition) is 0. The van der Waals surface area contributed by atoms with Crippen molar-refractivity contribution in [1.29, 1.82) is 0 Å². The second kappa shape index (κ2) is 8.41. The van der Waals surface area contributed by atoms with Crippen LogP contribution in [0.25, 0.3) is 0 Å². The lowest BCUT2D eigenvalue weighted by molar-refractivity contribution is 1.70. The largest absolute Gasteiger partial charge is 0.0842 e. The van der Waals surface area contributed by atoms with Gasteiger partial charge in [-0.25, -0.2) is 0 Å². The molecule has 0 heterocycles. The van der Waals surface area contributed by atoms with Crippen LogP contribution >= 0.6 is 92.8 Å². The van der Waals surface area contributed by atoms with Gasteiger partial charge in [0.05, 0.1) is 30.1 Å². The molecule has 0 aliphatic rings. The standard InChI is InChI=1S/2C6H2Cl4/c2*7-3-1-4(8)6(10)5(9)2-3/h2*1-2H. The molecule has 0 N–H and O–H groups in total. The van der Waals surface area contributed by atoms with Crippen molar-refractivity contribution in [1.82, 2.24) is 0 Å². The molecule has 2 rings (SSSR count). The number of halogens is 8. The third-order valence-corrected chi connectivity index (χ3v) is 4.73. The van der Waals surface area contributed by atoms with Gasteiger partial charge in [0.1, 0.15) is 0 Å². The number of rotatable bonds is 0. The van der Waals surface area contributed by atoms with Crippen LogP contribution in [0.5, 0.6) is 0 Å². The van der Waals surface area contributed by atoms with Gasteiger partial charge in [-0.1, -0.05) is 92.8 Å². The normalized spacial score (nSPS) is 10.0. The Morgan fingerprint density at radius 1 is 0.400 bits per heavy atom. The quantitative estimate of drug-likeness (QED) is 0.289. The first-order chi connectivity index (χ1) is 9.22.